The van der Waals surface area contributed by atoms with E-state index >= 15 is 0 Å². The van der Waals surface area contributed by atoms with Crippen molar-refractivity contribution in [2.24, 2.45) is 7.05 Å². The summed E-state index contributed by atoms with van der Waals surface area (Å²) < 4.78 is 27.8. The highest BCUT2D eigenvalue weighted by molar-refractivity contribution is 7.92. The van der Waals surface area contributed by atoms with Gasteiger partial charge in [-0.15, -0.1) is 0 Å². The van der Waals surface area contributed by atoms with Crippen LogP contribution in [0.1, 0.15) is 5.69 Å². The number of rotatable bonds is 3. The number of nitrogens with zero attached hydrogens (tertiary/aromatic N) is 3. The van der Waals surface area contributed by atoms with Crippen molar-refractivity contribution in [2.45, 2.75) is 11.8 Å². The Balaban J connectivity index is 2.36. The number of hydrogen-bond acceptors (Lipinski definition) is 5. The zero-order valence-corrected chi connectivity index (χ0v) is 10.8. The Labute approximate surface area is 105 Å². The van der Waals surface area contributed by atoms with E-state index in [9.17, 15) is 8.42 Å². The molecule has 0 aliphatic carbocycles. The lowest BCUT2D eigenvalue weighted by atomic mass is 10.4. The first-order valence-electron chi connectivity index (χ1n) is 5.14. The number of hydrogen-bond donors (Lipinski definition) is 2. The molecule has 0 atom stereocenters. The number of aryl methyl sites for hydroxylation is 2. The molecule has 0 spiro atoms. The number of nitrogens with two attached hydrogens (primary N) is 1. The third-order valence-electron chi connectivity index (χ3n) is 2.24. The van der Waals surface area contributed by atoms with Crippen LogP contribution in [0, 0.1) is 6.92 Å². The maximum absolute atomic E-state index is 12.1. The summed E-state index contributed by atoms with van der Waals surface area (Å²) in [6.45, 7) is 1.77. The van der Waals surface area contributed by atoms with Gasteiger partial charge in [0, 0.05) is 18.9 Å². The van der Waals surface area contributed by atoms with Gasteiger partial charge in [-0.05, 0) is 19.1 Å². The molecule has 0 aliphatic heterocycles. The third kappa shape index (κ3) is 2.43. The molecule has 7 nitrogen and oxygen atoms in total. The van der Waals surface area contributed by atoms with Crippen molar-refractivity contribution in [1.29, 1.82) is 0 Å². The Morgan fingerprint density at radius 3 is 2.67 bits per heavy atom. The summed E-state index contributed by atoms with van der Waals surface area (Å²) in [5.74, 6) is 0.205. The fourth-order valence-electron chi connectivity index (χ4n) is 1.48. The zero-order valence-electron chi connectivity index (χ0n) is 9.95. The highest BCUT2D eigenvalue weighted by Crippen LogP contribution is 2.18. The minimum atomic E-state index is -3.76. The van der Waals surface area contributed by atoms with Gasteiger partial charge in [0.25, 0.3) is 10.0 Å². The molecule has 0 saturated carbocycles. The van der Waals surface area contributed by atoms with Crippen LogP contribution in [0.3, 0.4) is 0 Å². The predicted molar refractivity (Wildman–Crippen MR) is 67.4 cm³/mol. The van der Waals surface area contributed by atoms with Crippen molar-refractivity contribution in [1.82, 2.24) is 14.8 Å². The summed E-state index contributed by atoms with van der Waals surface area (Å²) in [6.07, 6.45) is 1.34. The molecule has 0 aromatic carbocycles. The van der Waals surface area contributed by atoms with Crippen molar-refractivity contribution in [3.8, 4) is 0 Å². The summed E-state index contributed by atoms with van der Waals surface area (Å²) in [4.78, 5) is 4.00. The Bertz CT molecular complexity index is 677. The molecular formula is C10H13N5O2S. The molecule has 3 N–H and O–H groups in total. The van der Waals surface area contributed by atoms with E-state index in [0.29, 0.717) is 5.69 Å². The highest BCUT2D eigenvalue weighted by atomic mass is 32.2. The lowest BCUT2D eigenvalue weighted by molar-refractivity contribution is 0.601. The van der Waals surface area contributed by atoms with Crippen LogP contribution < -0.4 is 10.5 Å². The second-order valence-electron chi connectivity index (χ2n) is 3.82. The van der Waals surface area contributed by atoms with E-state index in [4.69, 9.17) is 5.73 Å². The second-order valence-corrected chi connectivity index (χ2v) is 5.47. The van der Waals surface area contributed by atoms with Gasteiger partial charge in [0.05, 0.1) is 0 Å². The Hall–Kier alpha value is -2.09. The summed E-state index contributed by atoms with van der Waals surface area (Å²) in [5, 5.41) is 3.79. The average molecular weight is 267 g/mol. The lowest BCUT2D eigenvalue weighted by Crippen LogP contribution is -2.15. The molecule has 0 aliphatic rings. The standard InChI is InChI=1S/C10H13N5O2S/c1-7-4-3-5-9(12-7)14-18(16,17)8-6-15(2)13-10(8)11/h3-6H,1-2H3,(H2,11,13)(H,12,14). The van der Waals surface area contributed by atoms with Crippen molar-refractivity contribution < 1.29 is 8.42 Å². The van der Waals surface area contributed by atoms with Gasteiger partial charge >= 0.3 is 0 Å². The van der Waals surface area contributed by atoms with E-state index in [1.54, 1.807) is 32.2 Å². The largest absolute Gasteiger partial charge is 0.381 e. The summed E-state index contributed by atoms with van der Waals surface area (Å²) >= 11 is 0. The van der Waals surface area contributed by atoms with E-state index < -0.39 is 10.0 Å². The first-order valence-corrected chi connectivity index (χ1v) is 6.62. The molecule has 2 heterocycles. The van der Waals surface area contributed by atoms with Crippen LogP contribution in [0.25, 0.3) is 0 Å². The fourth-order valence-corrected chi connectivity index (χ4v) is 2.59. The molecule has 0 unspecified atom stereocenters. The molecule has 8 heteroatoms. The first kappa shape index (κ1) is 12.4. The lowest BCUT2D eigenvalue weighted by Gasteiger charge is -2.06. The van der Waals surface area contributed by atoms with Gasteiger partial charge < -0.3 is 5.73 Å². The van der Waals surface area contributed by atoms with Crippen LogP contribution in [-0.2, 0) is 17.1 Å². The highest BCUT2D eigenvalue weighted by Gasteiger charge is 2.21. The Kier molecular flexibility index (Phi) is 2.95. The second kappa shape index (κ2) is 4.30. The van der Waals surface area contributed by atoms with E-state index in [0.717, 1.165) is 0 Å². The predicted octanol–water partition coefficient (Wildman–Crippen LogP) is 0.507. The molecule has 96 valence electrons. The van der Waals surface area contributed by atoms with E-state index in [1.165, 1.54) is 10.9 Å². The third-order valence-corrected chi connectivity index (χ3v) is 3.61. The molecule has 0 saturated heterocycles. The number of pyridine rings is 1. The van der Waals surface area contributed by atoms with Gasteiger partial charge in [-0.3, -0.25) is 9.40 Å². The van der Waals surface area contributed by atoms with E-state index in [1.807, 2.05) is 0 Å². The minimum absolute atomic E-state index is 0.0438. The number of nitrogen functional groups attached to an aromatic ring is 1. The van der Waals surface area contributed by atoms with Crippen molar-refractivity contribution in [3.05, 3.63) is 30.1 Å². The smallest absolute Gasteiger partial charge is 0.268 e. The maximum atomic E-state index is 12.1. The monoisotopic (exact) mass is 267 g/mol. The van der Waals surface area contributed by atoms with Crippen LogP contribution in [0.5, 0.6) is 0 Å². The number of nitrogens with one attached hydrogen (secondary N) is 1. The molecule has 0 fully saturated rings. The van der Waals surface area contributed by atoms with Crippen LogP contribution >= 0.6 is 0 Å². The van der Waals surface area contributed by atoms with Gasteiger partial charge in [0.15, 0.2) is 5.82 Å². The van der Waals surface area contributed by atoms with E-state index in [2.05, 4.69) is 14.8 Å². The zero-order chi connectivity index (χ0) is 13.3. The maximum Gasteiger partial charge on any atom is 0.268 e. The molecule has 18 heavy (non-hydrogen) atoms. The summed E-state index contributed by atoms with van der Waals surface area (Å²) in [5.41, 5.74) is 6.26. The topological polar surface area (TPSA) is 103 Å². The minimum Gasteiger partial charge on any atom is -0.381 e. The van der Waals surface area contributed by atoms with Gasteiger partial charge in [-0.25, -0.2) is 13.4 Å². The van der Waals surface area contributed by atoms with Crippen LogP contribution in [-0.4, -0.2) is 23.2 Å². The van der Waals surface area contributed by atoms with Crippen LogP contribution in [0.15, 0.2) is 29.3 Å². The Morgan fingerprint density at radius 2 is 2.11 bits per heavy atom. The van der Waals surface area contributed by atoms with Crippen molar-refractivity contribution >= 4 is 21.7 Å². The van der Waals surface area contributed by atoms with E-state index in [-0.39, 0.29) is 16.5 Å². The molecule has 2 aromatic rings. The quantitative estimate of drug-likeness (QED) is 0.843. The summed E-state index contributed by atoms with van der Waals surface area (Å²) in [7, 11) is -2.16. The number of sulfonamides is 1. The average Bonchev–Trinajstić information content (AvgIpc) is 2.58. The van der Waals surface area contributed by atoms with Gasteiger partial charge in [0.1, 0.15) is 10.7 Å². The van der Waals surface area contributed by atoms with Crippen LogP contribution in [0.4, 0.5) is 11.6 Å². The van der Waals surface area contributed by atoms with Gasteiger partial charge in [-0.1, -0.05) is 6.07 Å². The van der Waals surface area contributed by atoms with Crippen molar-refractivity contribution in [3.63, 3.8) is 0 Å². The number of anilines is 2. The Morgan fingerprint density at radius 1 is 1.39 bits per heavy atom. The summed E-state index contributed by atoms with van der Waals surface area (Å²) in [6, 6.07) is 5.06. The van der Waals surface area contributed by atoms with Crippen molar-refractivity contribution in [2.75, 3.05) is 10.5 Å². The number of aromatic nitrogens is 3. The van der Waals surface area contributed by atoms with Crippen LogP contribution in [0.2, 0.25) is 0 Å². The molecular weight excluding hydrogens is 254 g/mol. The molecule has 0 amide bonds. The van der Waals surface area contributed by atoms with Gasteiger partial charge in [-0.2, -0.15) is 5.10 Å². The SMILES string of the molecule is Cc1cccc(NS(=O)(=O)c2cn(C)nc2N)n1. The fraction of sp³-hybridized carbons (Fsp3) is 0.200. The molecule has 2 rings (SSSR count). The van der Waals surface area contributed by atoms with Gasteiger partial charge in [0.2, 0.25) is 0 Å². The normalized spacial score (nSPS) is 11.4. The molecule has 2 aromatic heterocycles. The molecule has 0 bridgehead atoms. The first-order chi connectivity index (χ1) is 8.38. The molecule has 0 radical (unpaired) electrons.